The average molecular weight is 323 g/mol. The molecule has 24 heavy (non-hydrogen) atoms. The molecule has 0 radical (unpaired) electrons. The van der Waals surface area contributed by atoms with Gasteiger partial charge in [0.1, 0.15) is 5.75 Å². The number of aliphatic imine (C=N–C) groups is 1. The quantitative estimate of drug-likeness (QED) is 0.429. The minimum atomic E-state index is 0.236. The van der Waals surface area contributed by atoms with Crippen molar-refractivity contribution < 1.29 is 5.11 Å². The van der Waals surface area contributed by atoms with Gasteiger partial charge in [0.05, 0.1) is 11.7 Å². The number of anilines is 1. The van der Waals surface area contributed by atoms with E-state index in [9.17, 15) is 5.11 Å². The highest BCUT2D eigenvalue weighted by atomic mass is 16.3. The third kappa shape index (κ3) is 5.01. The highest BCUT2D eigenvalue weighted by Gasteiger charge is 2.22. The molecule has 0 bridgehead atoms. The third-order valence-corrected chi connectivity index (χ3v) is 4.11. The Hall–Kier alpha value is -2.49. The molecule has 1 atom stereocenters. The van der Waals surface area contributed by atoms with E-state index in [4.69, 9.17) is 4.99 Å². The SMILES string of the molecule is CC(CCc1ccccc1)NC(=NC1CC1)Nc1ccccc1O. The topological polar surface area (TPSA) is 56.7 Å². The Bertz CT molecular complexity index is 680. The molecule has 4 heteroatoms. The maximum absolute atomic E-state index is 9.95. The molecule has 3 rings (SSSR count). The summed E-state index contributed by atoms with van der Waals surface area (Å²) >= 11 is 0. The van der Waals surface area contributed by atoms with Crippen LogP contribution in [0.3, 0.4) is 0 Å². The number of phenols is 1. The van der Waals surface area contributed by atoms with Gasteiger partial charge in [-0.25, -0.2) is 4.99 Å². The standard InChI is InChI=1S/C20H25N3O/c1-15(11-12-16-7-3-2-4-8-16)21-20(22-17-13-14-17)23-18-9-5-6-10-19(18)24/h2-10,15,17,24H,11-14H2,1H3,(H2,21,22,23). The van der Waals surface area contributed by atoms with E-state index in [2.05, 4.69) is 41.8 Å². The number of hydrogen-bond donors (Lipinski definition) is 3. The van der Waals surface area contributed by atoms with Gasteiger partial charge in [0, 0.05) is 6.04 Å². The monoisotopic (exact) mass is 323 g/mol. The van der Waals surface area contributed by atoms with Crippen LogP contribution in [0.1, 0.15) is 31.7 Å². The molecular formula is C20H25N3O. The lowest BCUT2D eigenvalue weighted by Crippen LogP contribution is -2.38. The second-order valence-electron chi connectivity index (χ2n) is 6.42. The van der Waals surface area contributed by atoms with Crippen molar-refractivity contribution in [2.45, 2.75) is 44.7 Å². The lowest BCUT2D eigenvalue weighted by atomic mass is 10.1. The number of hydrogen-bond acceptors (Lipinski definition) is 2. The van der Waals surface area contributed by atoms with Crippen LogP contribution < -0.4 is 10.6 Å². The average Bonchev–Trinajstić information content (AvgIpc) is 3.40. The molecule has 126 valence electrons. The van der Waals surface area contributed by atoms with E-state index in [1.807, 2.05) is 24.3 Å². The van der Waals surface area contributed by atoms with Gasteiger partial charge in [0.2, 0.25) is 0 Å². The molecule has 0 saturated heterocycles. The molecule has 1 aliphatic carbocycles. The van der Waals surface area contributed by atoms with Crippen molar-refractivity contribution in [3.05, 3.63) is 60.2 Å². The van der Waals surface area contributed by atoms with E-state index in [0.717, 1.165) is 31.6 Å². The number of aryl methyl sites for hydroxylation is 1. The van der Waals surface area contributed by atoms with Crippen LogP contribution >= 0.6 is 0 Å². The van der Waals surface area contributed by atoms with Gasteiger partial charge < -0.3 is 15.7 Å². The van der Waals surface area contributed by atoms with Gasteiger partial charge in [0.15, 0.2) is 5.96 Å². The molecule has 3 N–H and O–H groups in total. The molecule has 0 aliphatic heterocycles. The number of aromatic hydroxyl groups is 1. The van der Waals surface area contributed by atoms with Crippen molar-refractivity contribution in [3.8, 4) is 5.75 Å². The number of guanidine groups is 1. The zero-order valence-electron chi connectivity index (χ0n) is 14.1. The van der Waals surface area contributed by atoms with Crippen molar-refractivity contribution in [1.29, 1.82) is 0 Å². The summed E-state index contributed by atoms with van der Waals surface area (Å²) in [6.45, 7) is 2.16. The smallest absolute Gasteiger partial charge is 0.196 e. The molecule has 2 aromatic rings. The summed E-state index contributed by atoms with van der Waals surface area (Å²) in [4.78, 5) is 4.70. The number of nitrogens with one attached hydrogen (secondary N) is 2. The second-order valence-corrected chi connectivity index (χ2v) is 6.42. The molecule has 1 saturated carbocycles. The first-order chi connectivity index (χ1) is 11.7. The minimum Gasteiger partial charge on any atom is -0.506 e. The van der Waals surface area contributed by atoms with E-state index in [-0.39, 0.29) is 5.75 Å². The number of phenolic OH excluding ortho intramolecular Hbond substituents is 1. The first kappa shape index (κ1) is 16.4. The molecule has 1 aliphatic rings. The zero-order chi connectivity index (χ0) is 16.8. The summed E-state index contributed by atoms with van der Waals surface area (Å²) in [5.41, 5.74) is 2.03. The fourth-order valence-electron chi connectivity index (χ4n) is 2.53. The van der Waals surface area contributed by atoms with Crippen LogP contribution in [-0.2, 0) is 6.42 Å². The van der Waals surface area contributed by atoms with E-state index in [0.29, 0.717) is 17.8 Å². The minimum absolute atomic E-state index is 0.236. The molecule has 0 spiro atoms. The first-order valence-corrected chi connectivity index (χ1v) is 8.64. The second kappa shape index (κ2) is 7.86. The van der Waals surface area contributed by atoms with Gasteiger partial charge in [-0.2, -0.15) is 0 Å². The number of rotatable bonds is 6. The largest absolute Gasteiger partial charge is 0.506 e. The molecule has 0 heterocycles. The Morgan fingerprint density at radius 3 is 2.54 bits per heavy atom. The number of nitrogens with zero attached hydrogens (tertiary/aromatic N) is 1. The Morgan fingerprint density at radius 1 is 1.12 bits per heavy atom. The summed E-state index contributed by atoms with van der Waals surface area (Å²) in [5.74, 6) is 0.985. The van der Waals surface area contributed by atoms with Gasteiger partial charge in [-0.3, -0.25) is 0 Å². The van der Waals surface area contributed by atoms with Crippen molar-refractivity contribution >= 4 is 11.6 Å². The molecule has 0 aromatic heterocycles. The van der Waals surface area contributed by atoms with Gasteiger partial charge in [0.25, 0.3) is 0 Å². The molecular weight excluding hydrogens is 298 g/mol. The molecule has 0 amide bonds. The van der Waals surface area contributed by atoms with E-state index >= 15 is 0 Å². The first-order valence-electron chi connectivity index (χ1n) is 8.64. The van der Waals surface area contributed by atoms with E-state index in [1.54, 1.807) is 6.07 Å². The molecule has 1 unspecified atom stereocenters. The zero-order valence-corrected chi connectivity index (χ0v) is 14.1. The van der Waals surface area contributed by atoms with Gasteiger partial charge in [-0.15, -0.1) is 0 Å². The predicted molar refractivity (Wildman–Crippen MR) is 99.5 cm³/mol. The lowest BCUT2D eigenvalue weighted by molar-refractivity contribution is 0.477. The van der Waals surface area contributed by atoms with Crippen molar-refractivity contribution in [1.82, 2.24) is 5.32 Å². The molecule has 1 fully saturated rings. The lowest BCUT2D eigenvalue weighted by Gasteiger charge is -2.19. The van der Waals surface area contributed by atoms with Crippen molar-refractivity contribution in [3.63, 3.8) is 0 Å². The fraction of sp³-hybridized carbons (Fsp3) is 0.350. The summed E-state index contributed by atoms with van der Waals surface area (Å²) in [7, 11) is 0. The Balaban J connectivity index is 1.59. The van der Waals surface area contributed by atoms with Crippen LogP contribution in [0.4, 0.5) is 5.69 Å². The van der Waals surface area contributed by atoms with Gasteiger partial charge in [-0.05, 0) is 50.3 Å². The van der Waals surface area contributed by atoms with Gasteiger partial charge >= 0.3 is 0 Å². The summed E-state index contributed by atoms with van der Waals surface area (Å²) in [6.07, 6.45) is 4.34. The maximum atomic E-state index is 9.95. The Labute approximate surface area is 143 Å². The number of para-hydroxylation sites is 2. The fourth-order valence-corrected chi connectivity index (χ4v) is 2.53. The maximum Gasteiger partial charge on any atom is 0.196 e. The molecule has 2 aromatic carbocycles. The Morgan fingerprint density at radius 2 is 1.83 bits per heavy atom. The number of benzene rings is 2. The summed E-state index contributed by atoms with van der Waals surface area (Å²) in [5, 5.41) is 16.6. The highest BCUT2D eigenvalue weighted by molar-refractivity contribution is 5.95. The van der Waals surface area contributed by atoms with Crippen molar-refractivity contribution in [2.75, 3.05) is 5.32 Å². The summed E-state index contributed by atoms with van der Waals surface area (Å²) < 4.78 is 0. The van der Waals surface area contributed by atoms with Crippen molar-refractivity contribution in [2.24, 2.45) is 4.99 Å². The van der Waals surface area contributed by atoms with Crippen LogP contribution in [0.5, 0.6) is 5.75 Å². The van der Waals surface area contributed by atoms with Crippen LogP contribution in [0.2, 0.25) is 0 Å². The summed E-state index contributed by atoms with van der Waals surface area (Å²) in [6, 6.07) is 18.5. The highest BCUT2D eigenvalue weighted by Crippen LogP contribution is 2.25. The van der Waals surface area contributed by atoms with Crippen LogP contribution in [0.25, 0.3) is 0 Å². The van der Waals surface area contributed by atoms with E-state index in [1.165, 1.54) is 5.56 Å². The van der Waals surface area contributed by atoms with Gasteiger partial charge in [-0.1, -0.05) is 42.5 Å². The Kier molecular flexibility index (Phi) is 5.36. The molecule has 4 nitrogen and oxygen atoms in total. The normalized spacial score (nSPS) is 15.8. The predicted octanol–water partition coefficient (Wildman–Crippen LogP) is 3.93. The van der Waals surface area contributed by atoms with Crippen LogP contribution in [0.15, 0.2) is 59.6 Å². The van der Waals surface area contributed by atoms with Crippen LogP contribution in [0, 0.1) is 0 Å². The third-order valence-electron chi connectivity index (χ3n) is 4.11. The van der Waals surface area contributed by atoms with E-state index < -0.39 is 0 Å². The van der Waals surface area contributed by atoms with Crippen LogP contribution in [-0.4, -0.2) is 23.1 Å².